The van der Waals surface area contributed by atoms with Crippen molar-refractivity contribution in [2.45, 2.75) is 71.5 Å². The van der Waals surface area contributed by atoms with Crippen LogP contribution in [0.15, 0.2) is 0 Å². The van der Waals surface area contributed by atoms with Crippen LogP contribution < -0.4 is 0 Å². The van der Waals surface area contributed by atoms with Crippen LogP contribution in [0.3, 0.4) is 0 Å². The molecular weight excluding hydrogens is 288 g/mol. The lowest BCUT2D eigenvalue weighted by Gasteiger charge is -2.16. The standard InChI is InChI=1S/C16H30O6/c1-3-20-16(21-4-2)12-6-5-9-13-22-15(19)11-8-7-10-14(17)18/h16H,3-13H2,1-2H3,(H,17,18). The molecule has 0 aromatic carbocycles. The molecule has 0 rings (SSSR count). The first kappa shape index (κ1) is 20.9. The molecule has 0 atom stereocenters. The third kappa shape index (κ3) is 13.8. The van der Waals surface area contributed by atoms with Crippen molar-refractivity contribution in [2.24, 2.45) is 0 Å². The van der Waals surface area contributed by atoms with Crippen molar-refractivity contribution in [3.63, 3.8) is 0 Å². The summed E-state index contributed by atoms with van der Waals surface area (Å²) in [5.74, 6) is -1.07. The fourth-order valence-corrected chi connectivity index (χ4v) is 1.98. The van der Waals surface area contributed by atoms with Gasteiger partial charge in [-0.15, -0.1) is 0 Å². The highest BCUT2D eigenvalue weighted by Crippen LogP contribution is 2.09. The third-order valence-electron chi connectivity index (χ3n) is 3.07. The average molecular weight is 318 g/mol. The van der Waals surface area contributed by atoms with Crippen molar-refractivity contribution in [2.75, 3.05) is 19.8 Å². The molecule has 0 fully saturated rings. The first-order valence-corrected chi connectivity index (χ1v) is 8.20. The van der Waals surface area contributed by atoms with Gasteiger partial charge < -0.3 is 19.3 Å². The highest BCUT2D eigenvalue weighted by atomic mass is 16.7. The van der Waals surface area contributed by atoms with Crippen LogP contribution in [0.25, 0.3) is 0 Å². The lowest BCUT2D eigenvalue weighted by Crippen LogP contribution is -2.17. The van der Waals surface area contributed by atoms with Gasteiger partial charge in [0.2, 0.25) is 0 Å². The van der Waals surface area contributed by atoms with E-state index in [0.29, 0.717) is 39.1 Å². The van der Waals surface area contributed by atoms with Crippen molar-refractivity contribution >= 4 is 11.9 Å². The van der Waals surface area contributed by atoms with Crippen LogP contribution in [0.1, 0.15) is 65.2 Å². The van der Waals surface area contributed by atoms with E-state index in [1.165, 1.54) is 0 Å². The zero-order chi connectivity index (χ0) is 16.6. The first-order chi connectivity index (χ1) is 10.6. The summed E-state index contributed by atoms with van der Waals surface area (Å²) in [6.07, 6.45) is 4.96. The molecule has 0 aliphatic carbocycles. The molecule has 0 aliphatic heterocycles. The normalized spacial score (nSPS) is 10.9. The van der Waals surface area contributed by atoms with E-state index in [-0.39, 0.29) is 18.7 Å². The first-order valence-electron chi connectivity index (χ1n) is 8.20. The molecule has 0 heterocycles. The molecule has 6 nitrogen and oxygen atoms in total. The molecule has 0 saturated heterocycles. The van der Waals surface area contributed by atoms with Gasteiger partial charge >= 0.3 is 11.9 Å². The summed E-state index contributed by atoms with van der Waals surface area (Å²) >= 11 is 0. The topological polar surface area (TPSA) is 82.1 Å². The van der Waals surface area contributed by atoms with Gasteiger partial charge in [-0.2, -0.15) is 0 Å². The van der Waals surface area contributed by atoms with E-state index in [9.17, 15) is 9.59 Å². The number of rotatable bonds is 15. The molecule has 6 heteroatoms. The molecular formula is C16H30O6. The van der Waals surface area contributed by atoms with Crippen LogP contribution in [0.2, 0.25) is 0 Å². The SMILES string of the molecule is CCOC(CCCCCOC(=O)CCCCC(=O)O)OCC. The Hall–Kier alpha value is -1.14. The van der Waals surface area contributed by atoms with E-state index >= 15 is 0 Å². The van der Waals surface area contributed by atoms with E-state index in [1.807, 2.05) is 13.8 Å². The molecule has 0 amide bonds. The number of hydrogen-bond acceptors (Lipinski definition) is 5. The minimum Gasteiger partial charge on any atom is -0.481 e. The summed E-state index contributed by atoms with van der Waals surface area (Å²) in [4.78, 5) is 21.7. The average Bonchev–Trinajstić information content (AvgIpc) is 2.47. The Balaban J connectivity index is 3.44. The molecule has 0 aromatic heterocycles. The second-order valence-corrected chi connectivity index (χ2v) is 5.01. The van der Waals surface area contributed by atoms with Crippen molar-refractivity contribution in [1.82, 2.24) is 0 Å². The second-order valence-electron chi connectivity index (χ2n) is 5.01. The maximum Gasteiger partial charge on any atom is 0.305 e. The smallest absolute Gasteiger partial charge is 0.305 e. The maximum absolute atomic E-state index is 11.4. The molecule has 0 saturated carbocycles. The number of aliphatic carboxylic acids is 1. The Morgan fingerprint density at radius 3 is 2.14 bits per heavy atom. The lowest BCUT2D eigenvalue weighted by molar-refractivity contribution is -0.145. The lowest BCUT2D eigenvalue weighted by atomic mass is 10.2. The summed E-state index contributed by atoms with van der Waals surface area (Å²) in [6.45, 7) is 5.60. The minimum atomic E-state index is -0.828. The van der Waals surface area contributed by atoms with Crippen LogP contribution in [-0.2, 0) is 23.8 Å². The quantitative estimate of drug-likeness (QED) is 0.284. The fourth-order valence-electron chi connectivity index (χ4n) is 1.98. The van der Waals surface area contributed by atoms with Crippen molar-refractivity contribution in [3.8, 4) is 0 Å². The fraction of sp³-hybridized carbons (Fsp3) is 0.875. The second kappa shape index (κ2) is 14.8. The Bertz CT molecular complexity index is 286. The largest absolute Gasteiger partial charge is 0.481 e. The number of esters is 1. The van der Waals surface area contributed by atoms with Crippen molar-refractivity contribution < 1.29 is 28.9 Å². The van der Waals surface area contributed by atoms with Crippen LogP contribution in [0.5, 0.6) is 0 Å². The maximum atomic E-state index is 11.4. The predicted octanol–water partition coefficient (Wildman–Crippen LogP) is 3.13. The van der Waals surface area contributed by atoms with Gasteiger partial charge in [0, 0.05) is 26.1 Å². The van der Waals surface area contributed by atoms with Crippen molar-refractivity contribution in [1.29, 1.82) is 0 Å². The van der Waals surface area contributed by atoms with Crippen LogP contribution in [-0.4, -0.2) is 43.2 Å². The summed E-state index contributed by atoms with van der Waals surface area (Å²) in [5, 5.41) is 8.47. The summed E-state index contributed by atoms with van der Waals surface area (Å²) in [6, 6.07) is 0. The summed E-state index contributed by atoms with van der Waals surface area (Å²) < 4.78 is 16.0. The molecule has 22 heavy (non-hydrogen) atoms. The third-order valence-corrected chi connectivity index (χ3v) is 3.07. The zero-order valence-corrected chi connectivity index (χ0v) is 13.8. The number of carbonyl (C=O) groups is 2. The molecule has 0 unspecified atom stereocenters. The molecule has 0 spiro atoms. The molecule has 0 aromatic rings. The van der Waals surface area contributed by atoms with Gasteiger partial charge in [-0.05, 0) is 52.4 Å². The van der Waals surface area contributed by atoms with Crippen LogP contribution >= 0.6 is 0 Å². The van der Waals surface area contributed by atoms with Crippen molar-refractivity contribution in [3.05, 3.63) is 0 Å². The Kier molecular flexibility index (Phi) is 14.0. The highest BCUT2D eigenvalue weighted by molar-refractivity contribution is 5.69. The number of carboxylic acid groups (broad SMARTS) is 1. The number of ether oxygens (including phenoxy) is 3. The monoisotopic (exact) mass is 318 g/mol. The molecule has 130 valence electrons. The van der Waals surface area contributed by atoms with Gasteiger partial charge in [-0.25, -0.2) is 0 Å². The van der Waals surface area contributed by atoms with Crippen LogP contribution in [0, 0.1) is 0 Å². The minimum absolute atomic E-state index is 0.105. The van der Waals surface area contributed by atoms with Gasteiger partial charge in [0.1, 0.15) is 0 Å². The Morgan fingerprint density at radius 2 is 1.55 bits per heavy atom. The Morgan fingerprint density at radius 1 is 0.909 bits per heavy atom. The zero-order valence-electron chi connectivity index (χ0n) is 13.8. The predicted molar refractivity (Wildman–Crippen MR) is 82.6 cm³/mol. The molecule has 0 aliphatic rings. The number of carboxylic acids is 1. The molecule has 0 bridgehead atoms. The summed E-state index contributed by atoms with van der Waals surface area (Å²) in [5.41, 5.74) is 0. The van der Waals surface area contributed by atoms with Gasteiger partial charge in [0.05, 0.1) is 6.61 Å². The van der Waals surface area contributed by atoms with Gasteiger partial charge in [0.25, 0.3) is 0 Å². The molecule has 1 N–H and O–H groups in total. The van der Waals surface area contributed by atoms with Gasteiger partial charge in [0.15, 0.2) is 6.29 Å². The Labute approximate surface area is 133 Å². The van der Waals surface area contributed by atoms with E-state index in [0.717, 1.165) is 25.7 Å². The van der Waals surface area contributed by atoms with E-state index in [4.69, 9.17) is 19.3 Å². The van der Waals surface area contributed by atoms with E-state index in [2.05, 4.69) is 0 Å². The highest BCUT2D eigenvalue weighted by Gasteiger charge is 2.07. The van der Waals surface area contributed by atoms with Gasteiger partial charge in [-0.3, -0.25) is 9.59 Å². The van der Waals surface area contributed by atoms with E-state index < -0.39 is 5.97 Å². The van der Waals surface area contributed by atoms with Gasteiger partial charge in [-0.1, -0.05) is 0 Å². The number of carbonyl (C=O) groups excluding carboxylic acids is 1. The van der Waals surface area contributed by atoms with Crippen LogP contribution in [0.4, 0.5) is 0 Å². The number of hydrogen-bond donors (Lipinski definition) is 1. The molecule has 0 radical (unpaired) electrons. The summed E-state index contributed by atoms with van der Waals surface area (Å²) in [7, 11) is 0. The number of unbranched alkanes of at least 4 members (excludes halogenated alkanes) is 3. The van der Waals surface area contributed by atoms with E-state index in [1.54, 1.807) is 0 Å².